The molecule has 1 N–H and O–H groups in total. The molecule has 0 aliphatic rings. The largest absolute Gasteiger partial charge is 0.322 e. The predicted molar refractivity (Wildman–Crippen MR) is 117 cm³/mol. The number of pyridine rings is 1. The van der Waals surface area contributed by atoms with Gasteiger partial charge < -0.3 is 5.32 Å². The van der Waals surface area contributed by atoms with Crippen LogP contribution in [0.5, 0.6) is 0 Å². The Kier molecular flexibility index (Phi) is 5.12. The Morgan fingerprint density at radius 3 is 2.52 bits per heavy atom. The number of carbonyl (C=O) groups excluding carboxylic acids is 1. The van der Waals surface area contributed by atoms with E-state index in [1.165, 1.54) is 5.56 Å². The number of aromatic nitrogens is 3. The van der Waals surface area contributed by atoms with Crippen LogP contribution in [0.25, 0.3) is 22.2 Å². The van der Waals surface area contributed by atoms with Crippen LogP contribution in [0, 0.1) is 6.92 Å². The highest BCUT2D eigenvalue weighted by atomic mass is 16.1. The summed E-state index contributed by atoms with van der Waals surface area (Å²) in [5.74, 6) is -0.144. The van der Waals surface area contributed by atoms with E-state index < -0.39 is 0 Å². The second-order valence-electron chi connectivity index (χ2n) is 7.06. The standard InChI is InChI=1S/C24H24N4O/c1-4-17-10-12-18(13-11-17)25-24(29)20-14-23(21-15-28(5-2)27-16(21)3)26-22-9-7-6-8-19(20)22/h6-15H,4-5H2,1-3H3,(H,25,29). The molecule has 146 valence electrons. The van der Waals surface area contributed by atoms with Gasteiger partial charge in [0.2, 0.25) is 0 Å². The molecule has 2 aromatic carbocycles. The lowest BCUT2D eigenvalue weighted by atomic mass is 10.0. The first-order valence-corrected chi connectivity index (χ1v) is 9.93. The summed E-state index contributed by atoms with van der Waals surface area (Å²) in [6, 6.07) is 17.6. The van der Waals surface area contributed by atoms with Gasteiger partial charge in [-0.25, -0.2) is 4.98 Å². The summed E-state index contributed by atoms with van der Waals surface area (Å²) in [5, 5.41) is 8.38. The number of hydrogen-bond donors (Lipinski definition) is 1. The molecule has 0 radical (unpaired) electrons. The van der Waals surface area contributed by atoms with Crippen molar-refractivity contribution in [2.45, 2.75) is 33.7 Å². The van der Waals surface area contributed by atoms with Crippen LogP contribution in [-0.2, 0) is 13.0 Å². The molecule has 0 aliphatic carbocycles. The molecule has 0 bridgehead atoms. The van der Waals surface area contributed by atoms with Gasteiger partial charge in [0.15, 0.2) is 0 Å². The summed E-state index contributed by atoms with van der Waals surface area (Å²) in [7, 11) is 0. The molecule has 1 amide bonds. The predicted octanol–water partition coefficient (Wildman–Crippen LogP) is 5.24. The van der Waals surface area contributed by atoms with Crippen LogP contribution < -0.4 is 5.32 Å². The van der Waals surface area contributed by atoms with Crippen LogP contribution in [0.3, 0.4) is 0 Å². The fourth-order valence-corrected chi connectivity index (χ4v) is 3.45. The zero-order chi connectivity index (χ0) is 20.4. The van der Waals surface area contributed by atoms with Crippen molar-refractivity contribution in [2.75, 3.05) is 5.32 Å². The van der Waals surface area contributed by atoms with Crippen LogP contribution in [-0.4, -0.2) is 20.7 Å². The first-order chi connectivity index (χ1) is 14.1. The highest BCUT2D eigenvalue weighted by molar-refractivity contribution is 6.13. The van der Waals surface area contributed by atoms with Crippen LogP contribution in [0.2, 0.25) is 0 Å². The van der Waals surface area contributed by atoms with Gasteiger partial charge >= 0.3 is 0 Å². The zero-order valence-corrected chi connectivity index (χ0v) is 16.9. The first-order valence-electron chi connectivity index (χ1n) is 9.93. The smallest absolute Gasteiger partial charge is 0.256 e. The van der Waals surface area contributed by atoms with E-state index in [2.05, 4.69) is 17.3 Å². The second kappa shape index (κ2) is 7.87. The van der Waals surface area contributed by atoms with E-state index in [1.54, 1.807) is 0 Å². The molecule has 0 atom stereocenters. The number of para-hydroxylation sites is 1. The van der Waals surface area contributed by atoms with E-state index in [0.29, 0.717) is 5.56 Å². The SMILES string of the molecule is CCc1ccc(NC(=O)c2cc(-c3cn(CC)nc3C)nc3ccccc23)cc1. The van der Waals surface area contributed by atoms with E-state index in [-0.39, 0.29) is 5.91 Å². The molecule has 5 heteroatoms. The number of amides is 1. The summed E-state index contributed by atoms with van der Waals surface area (Å²) in [4.78, 5) is 17.9. The molecule has 0 aliphatic heterocycles. The van der Waals surface area contributed by atoms with E-state index >= 15 is 0 Å². The van der Waals surface area contributed by atoms with Crippen molar-refractivity contribution in [3.8, 4) is 11.3 Å². The molecule has 29 heavy (non-hydrogen) atoms. The lowest BCUT2D eigenvalue weighted by Gasteiger charge is -2.11. The van der Waals surface area contributed by atoms with E-state index in [0.717, 1.165) is 46.5 Å². The molecule has 0 saturated heterocycles. The molecule has 4 aromatic rings. The highest BCUT2D eigenvalue weighted by Crippen LogP contribution is 2.27. The maximum Gasteiger partial charge on any atom is 0.256 e. The van der Waals surface area contributed by atoms with E-state index in [1.807, 2.05) is 79.3 Å². The maximum absolute atomic E-state index is 13.2. The monoisotopic (exact) mass is 384 g/mol. The van der Waals surface area contributed by atoms with Gasteiger partial charge in [-0.3, -0.25) is 9.48 Å². The molecule has 0 unspecified atom stereocenters. The quantitative estimate of drug-likeness (QED) is 0.512. The van der Waals surface area contributed by atoms with Gasteiger partial charge in [-0.2, -0.15) is 5.10 Å². The summed E-state index contributed by atoms with van der Waals surface area (Å²) in [5.41, 5.74) is 6.02. The van der Waals surface area contributed by atoms with Crippen LogP contribution in [0.1, 0.15) is 35.5 Å². The van der Waals surface area contributed by atoms with Gasteiger partial charge in [0, 0.05) is 29.4 Å². The Morgan fingerprint density at radius 1 is 1.07 bits per heavy atom. The van der Waals surface area contributed by atoms with E-state index in [4.69, 9.17) is 4.98 Å². The number of carbonyl (C=O) groups is 1. The number of anilines is 1. The van der Waals surface area contributed by atoms with Gasteiger partial charge in [-0.1, -0.05) is 37.3 Å². The summed E-state index contributed by atoms with van der Waals surface area (Å²) in [6.07, 6.45) is 2.95. The number of rotatable bonds is 5. The summed E-state index contributed by atoms with van der Waals surface area (Å²) < 4.78 is 1.89. The van der Waals surface area contributed by atoms with Crippen molar-refractivity contribution in [2.24, 2.45) is 0 Å². The van der Waals surface area contributed by atoms with Crippen molar-refractivity contribution in [3.63, 3.8) is 0 Å². The van der Waals surface area contributed by atoms with Gasteiger partial charge in [0.1, 0.15) is 0 Å². The van der Waals surface area contributed by atoms with Crippen LogP contribution in [0.4, 0.5) is 5.69 Å². The number of hydrogen-bond acceptors (Lipinski definition) is 3. The fraction of sp³-hybridized carbons (Fsp3) is 0.208. The minimum atomic E-state index is -0.144. The van der Waals surface area contributed by atoms with E-state index in [9.17, 15) is 4.79 Å². The normalized spacial score (nSPS) is 11.0. The summed E-state index contributed by atoms with van der Waals surface area (Å²) >= 11 is 0. The molecule has 2 aromatic heterocycles. The molecule has 0 fully saturated rings. The average Bonchev–Trinajstić information content (AvgIpc) is 3.14. The summed E-state index contributed by atoms with van der Waals surface area (Å²) in [6.45, 7) is 6.91. The minimum Gasteiger partial charge on any atom is -0.322 e. The maximum atomic E-state index is 13.2. The van der Waals surface area contributed by atoms with Gasteiger partial charge in [-0.15, -0.1) is 0 Å². The zero-order valence-electron chi connectivity index (χ0n) is 16.9. The molecular formula is C24H24N4O. The molecule has 2 heterocycles. The molecule has 4 rings (SSSR count). The van der Waals surface area contributed by atoms with Gasteiger partial charge in [-0.05, 0) is 50.1 Å². The van der Waals surface area contributed by atoms with Crippen molar-refractivity contribution in [1.29, 1.82) is 0 Å². The Bertz CT molecular complexity index is 1180. The topological polar surface area (TPSA) is 59.8 Å². The number of benzene rings is 2. The third kappa shape index (κ3) is 3.76. The van der Waals surface area contributed by atoms with Crippen LogP contribution in [0.15, 0.2) is 60.8 Å². The Labute approximate surface area is 170 Å². The van der Waals surface area contributed by atoms with Crippen LogP contribution >= 0.6 is 0 Å². The lowest BCUT2D eigenvalue weighted by molar-refractivity contribution is 0.102. The first kappa shape index (κ1) is 18.9. The molecular weight excluding hydrogens is 360 g/mol. The third-order valence-electron chi connectivity index (χ3n) is 5.13. The average molecular weight is 384 g/mol. The lowest BCUT2D eigenvalue weighted by Crippen LogP contribution is -2.13. The molecule has 0 spiro atoms. The number of nitrogens with zero attached hydrogens (tertiary/aromatic N) is 3. The fourth-order valence-electron chi connectivity index (χ4n) is 3.45. The van der Waals surface area contributed by atoms with Gasteiger partial charge in [0.25, 0.3) is 5.91 Å². The number of aryl methyl sites for hydroxylation is 3. The minimum absolute atomic E-state index is 0.144. The van der Waals surface area contributed by atoms with Gasteiger partial charge in [0.05, 0.1) is 22.5 Å². The Morgan fingerprint density at radius 2 is 1.83 bits per heavy atom. The number of fused-ring (bicyclic) bond motifs is 1. The van der Waals surface area contributed by atoms with Crippen molar-refractivity contribution >= 4 is 22.5 Å². The van der Waals surface area contributed by atoms with Crippen molar-refractivity contribution < 1.29 is 4.79 Å². The Balaban J connectivity index is 1.77. The third-order valence-corrected chi connectivity index (χ3v) is 5.13. The number of nitrogens with one attached hydrogen (secondary N) is 1. The highest BCUT2D eigenvalue weighted by Gasteiger charge is 2.16. The van der Waals surface area contributed by atoms with Crippen molar-refractivity contribution in [1.82, 2.24) is 14.8 Å². The molecule has 0 saturated carbocycles. The van der Waals surface area contributed by atoms with Crippen molar-refractivity contribution in [3.05, 3.63) is 77.6 Å². The molecule has 5 nitrogen and oxygen atoms in total. The Hall–Kier alpha value is -3.47. The second-order valence-corrected chi connectivity index (χ2v) is 7.06.